The van der Waals surface area contributed by atoms with Crippen molar-refractivity contribution in [2.45, 2.75) is 0 Å². The van der Waals surface area contributed by atoms with E-state index >= 15 is 0 Å². The summed E-state index contributed by atoms with van der Waals surface area (Å²) in [5, 5.41) is 3.96. The van der Waals surface area contributed by atoms with Gasteiger partial charge in [0.2, 0.25) is 0 Å². The third-order valence-corrected chi connectivity index (χ3v) is 9.45. The first-order chi connectivity index (χ1) is 10.1. The topological polar surface area (TPSA) is 0 Å². The summed E-state index contributed by atoms with van der Waals surface area (Å²) in [4.78, 5) is 0. The summed E-state index contributed by atoms with van der Waals surface area (Å²) < 4.78 is 0. The molecular weight excluding hydrogens is 351 g/mol. The summed E-state index contributed by atoms with van der Waals surface area (Å²) in [6.45, 7) is 4.56. The summed E-state index contributed by atoms with van der Waals surface area (Å²) >= 11 is 0. The van der Waals surface area contributed by atoms with Gasteiger partial charge in [0, 0.05) is 0 Å². The van der Waals surface area contributed by atoms with Crippen LogP contribution in [-0.4, -0.2) is 6.66 Å². The zero-order valence-corrected chi connectivity index (χ0v) is 15.2. The Kier molecular flexibility index (Phi) is 4.80. The second-order valence-corrected chi connectivity index (χ2v) is 10.9. The SMILES string of the molecule is [Br-].[CH2+]P(C)(c1ccccc1)(c1ccccc1)c1ccccc1. The van der Waals surface area contributed by atoms with Crippen LogP contribution in [0.3, 0.4) is 0 Å². The summed E-state index contributed by atoms with van der Waals surface area (Å²) in [5.41, 5.74) is 0. The Balaban J connectivity index is 0.00000176. The molecule has 2 heteroatoms. The maximum absolute atomic E-state index is 4.84. The molecule has 0 radical (unpaired) electrons. The van der Waals surface area contributed by atoms with E-state index in [9.17, 15) is 0 Å². The molecule has 0 bridgehead atoms. The van der Waals surface area contributed by atoms with E-state index in [2.05, 4.69) is 97.7 Å². The van der Waals surface area contributed by atoms with Gasteiger partial charge < -0.3 is 17.0 Å². The minimum absolute atomic E-state index is 0. The molecule has 0 aliphatic rings. The van der Waals surface area contributed by atoms with Crippen molar-refractivity contribution in [3.63, 3.8) is 0 Å². The fourth-order valence-electron chi connectivity index (χ4n) is 2.94. The molecule has 3 aromatic rings. The second kappa shape index (κ2) is 6.28. The Hall–Kier alpha value is -1.56. The molecule has 0 amide bonds. The van der Waals surface area contributed by atoms with E-state index in [4.69, 9.17) is 6.66 Å². The third-order valence-electron chi connectivity index (χ3n) is 4.37. The third kappa shape index (κ3) is 2.60. The van der Waals surface area contributed by atoms with E-state index < -0.39 is 6.60 Å². The van der Waals surface area contributed by atoms with E-state index in [-0.39, 0.29) is 17.0 Å². The second-order valence-electron chi connectivity index (χ2n) is 5.80. The Morgan fingerprint density at radius 3 is 1.00 bits per heavy atom. The summed E-state index contributed by atoms with van der Waals surface area (Å²) in [7, 11) is 0. The van der Waals surface area contributed by atoms with Crippen molar-refractivity contribution in [1.29, 1.82) is 0 Å². The van der Waals surface area contributed by atoms with Crippen LogP contribution in [0.5, 0.6) is 0 Å². The standard InChI is InChI=1S/C20H20P.BrH/c1-21(2,18-12-6-3-7-13-18,19-14-8-4-9-15-19)20-16-10-5-11-17-20;/h3-17H,1H2,2H3;1H/q+1;/p-1. The van der Waals surface area contributed by atoms with Crippen LogP contribution in [0.4, 0.5) is 0 Å². The Bertz CT molecular complexity index is 618. The zero-order valence-electron chi connectivity index (χ0n) is 12.7. The van der Waals surface area contributed by atoms with Crippen LogP contribution in [0.1, 0.15) is 0 Å². The van der Waals surface area contributed by atoms with Crippen molar-refractivity contribution in [1.82, 2.24) is 0 Å². The van der Waals surface area contributed by atoms with Crippen LogP contribution in [0.2, 0.25) is 0 Å². The molecule has 22 heavy (non-hydrogen) atoms. The normalized spacial score (nSPS) is 12.7. The molecule has 0 spiro atoms. The number of hydrogen-bond donors (Lipinski definition) is 0. The van der Waals surface area contributed by atoms with Gasteiger partial charge >= 0.3 is 127 Å². The Morgan fingerprint density at radius 2 is 0.773 bits per heavy atom. The van der Waals surface area contributed by atoms with Gasteiger partial charge in [0.15, 0.2) is 0 Å². The first-order valence-corrected chi connectivity index (χ1v) is 10.0. The monoisotopic (exact) mass is 370 g/mol. The Morgan fingerprint density at radius 1 is 0.545 bits per heavy atom. The van der Waals surface area contributed by atoms with Crippen LogP contribution in [-0.2, 0) is 0 Å². The molecule has 0 aromatic heterocycles. The molecule has 0 nitrogen and oxygen atoms in total. The molecule has 0 unspecified atom stereocenters. The van der Waals surface area contributed by atoms with Gasteiger partial charge in [0.25, 0.3) is 0 Å². The quantitative estimate of drug-likeness (QED) is 0.475. The van der Waals surface area contributed by atoms with Crippen LogP contribution in [0.15, 0.2) is 91.0 Å². The molecular formula is C20H20BrP. The Labute approximate surface area is 143 Å². The van der Waals surface area contributed by atoms with Crippen LogP contribution < -0.4 is 32.9 Å². The zero-order chi connectivity index (χ0) is 14.8. The van der Waals surface area contributed by atoms with Crippen LogP contribution in [0, 0.1) is 6.66 Å². The van der Waals surface area contributed by atoms with Gasteiger partial charge in [0.1, 0.15) is 0 Å². The van der Waals surface area contributed by atoms with E-state index in [0.717, 1.165) is 0 Å². The summed E-state index contributed by atoms with van der Waals surface area (Å²) in [6.07, 6.45) is 0. The molecule has 3 rings (SSSR count). The van der Waals surface area contributed by atoms with Gasteiger partial charge in [-0.05, 0) is 0 Å². The van der Waals surface area contributed by atoms with Crippen LogP contribution >= 0.6 is 6.60 Å². The molecule has 112 valence electrons. The van der Waals surface area contributed by atoms with Crippen molar-refractivity contribution in [2.75, 3.05) is 6.66 Å². The minimum atomic E-state index is -2.62. The van der Waals surface area contributed by atoms with Gasteiger partial charge in [-0.15, -0.1) is 0 Å². The van der Waals surface area contributed by atoms with Crippen molar-refractivity contribution in [3.05, 3.63) is 97.7 Å². The first-order valence-electron chi connectivity index (χ1n) is 7.17. The summed E-state index contributed by atoms with van der Waals surface area (Å²) in [5.74, 6) is 0. The van der Waals surface area contributed by atoms with E-state index in [1.54, 1.807) is 0 Å². The molecule has 0 saturated heterocycles. The van der Waals surface area contributed by atoms with Gasteiger partial charge in [-0.2, -0.15) is 0 Å². The fraction of sp³-hybridized carbons (Fsp3) is 0.0500. The molecule has 3 aromatic carbocycles. The van der Waals surface area contributed by atoms with Crippen molar-refractivity contribution < 1.29 is 17.0 Å². The number of hydrogen-bond acceptors (Lipinski definition) is 0. The molecule has 0 atom stereocenters. The van der Waals surface area contributed by atoms with E-state index in [0.29, 0.717) is 0 Å². The molecule has 0 fully saturated rings. The fourth-order valence-corrected chi connectivity index (χ4v) is 6.77. The van der Waals surface area contributed by atoms with Gasteiger partial charge in [0.05, 0.1) is 0 Å². The predicted octanol–water partition coefficient (Wildman–Crippen LogP) is 0.942. The number of halogens is 1. The van der Waals surface area contributed by atoms with Crippen molar-refractivity contribution in [2.24, 2.45) is 0 Å². The molecule has 0 saturated carbocycles. The average molecular weight is 371 g/mol. The van der Waals surface area contributed by atoms with Crippen molar-refractivity contribution in [3.8, 4) is 0 Å². The molecule has 0 heterocycles. The number of benzene rings is 3. The van der Waals surface area contributed by atoms with E-state index in [1.807, 2.05) is 0 Å². The predicted molar refractivity (Wildman–Crippen MR) is 96.4 cm³/mol. The van der Waals surface area contributed by atoms with Gasteiger partial charge in [-0.1, -0.05) is 0 Å². The summed E-state index contributed by atoms with van der Waals surface area (Å²) in [6, 6.07) is 32.1. The van der Waals surface area contributed by atoms with Crippen LogP contribution in [0.25, 0.3) is 0 Å². The molecule has 0 aliphatic carbocycles. The van der Waals surface area contributed by atoms with Gasteiger partial charge in [-0.3, -0.25) is 0 Å². The molecule has 0 aliphatic heterocycles. The average Bonchev–Trinajstić information content (AvgIpc) is 2.57. The molecule has 0 N–H and O–H groups in total. The van der Waals surface area contributed by atoms with E-state index in [1.165, 1.54) is 15.9 Å². The van der Waals surface area contributed by atoms with Crippen molar-refractivity contribution >= 4 is 22.5 Å². The maximum atomic E-state index is 4.84. The number of rotatable bonds is 3. The van der Waals surface area contributed by atoms with Gasteiger partial charge in [-0.25, -0.2) is 0 Å². The first kappa shape index (κ1) is 16.8.